The molecule has 0 aliphatic rings. The Morgan fingerprint density at radius 2 is 1.74 bits per heavy atom. The fourth-order valence-corrected chi connectivity index (χ4v) is 1.89. The predicted molar refractivity (Wildman–Crippen MR) is 94.9 cm³/mol. The Morgan fingerprint density at radius 1 is 1.22 bits per heavy atom. The number of carboxylic acids is 2. The number of aliphatic carboxylic acids is 2. The van der Waals surface area contributed by atoms with Crippen molar-refractivity contribution in [1.29, 1.82) is 0 Å². The third-order valence-electron chi connectivity index (χ3n) is 1.83. The summed E-state index contributed by atoms with van der Waals surface area (Å²) in [5.74, 6) is -1.91. The van der Waals surface area contributed by atoms with Gasteiger partial charge in [-0.2, -0.15) is 0 Å². The molecule has 0 saturated carbocycles. The number of benzene rings is 1. The van der Waals surface area contributed by atoms with E-state index < -0.39 is 39.0 Å². The summed E-state index contributed by atoms with van der Waals surface area (Å²) in [6.07, 6.45) is -0.709. The average Bonchev–Trinajstić information content (AvgIpc) is 2.46. The van der Waals surface area contributed by atoms with E-state index in [2.05, 4.69) is 5.32 Å². The van der Waals surface area contributed by atoms with Gasteiger partial charge in [0.2, 0.25) is 0 Å². The van der Waals surface area contributed by atoms with Gasteiger partial charge in [0.15, 0.2) is 6.61 Å². The maximum Gasteiger partial charge on any atom is 1.00 e. The molecule has 0 heterocycles. The Hall–Kier alpha value is 0.246. The van der Waals surface area contributed by atoms with E-state index in [0.717, 1.165) is 0 Å². The number of ether oxygens (including phenoxy) is 1. The van der Waals surface area contributed by atoms with Gasteiger partial charge in [-0.15, -0.1) is 0 Å². The van der Waals surface area contributed by atoms with Crippen molar-refractivity contribution in [2.75, 3.05) is 33.5 Å². The van der Waals surface area contributed by atoms with Crippen LogP contribution in [0.25, 0.3) is 0 Å². The maximum absolute atomic E-state index is 10.2. The van der Waals surface area contributed by atoms with Crippen LogP contribution in [0.2, 0.25) is 10.0 Å². The first kappa shape index (κ1) is 31.9. The molecular weight excluding hydrogens is 453 g/mol. The van der Waals surface area contributed by atoms with E-state index in [9.17, 15) is 19.0 Å². The van der Waals surface area contributed by atoms with Crippen molar-refractivity contribution in [2.45, 2.75) is 0 Å². The van der Waals surface area contributed by atoms with Crippen LogP contribution in [0.3, 0.4) is 0 Å². The fraction of sp³-hybridized carbons (Fsp3) is 0.385. The van der Waals surface area contributed by atoms with Crippen molar-refractivity contribution < 1.29 is 90.3 Å². The molecule has 1 aromatic rings. The van der Waals surface area contributed by atoms with Crippen LogP contribution in [0, 0.1) is 0 Å². The Labute approximate surface area is 209 Å². The molecule has 0 spiro atoms. The molecule has 10 nitrogen and oxygen atoms in total. The Morgan fingerprint density at radius 3 is 2.11 bits per heavy atom. The Balaban J connectivity index is -0.000000370. The molecule has 0 aliphatic carbocycles. The first-order valence-electron chi connectivity index (χ1n) is 6.76. The van der Waals surface area contributed by atoms with Gasteiger partial charge in [0.05, 0.1) is 17.9 Å². The molecule has 14 heteroatoms. The summed E-state index contributed by atoms with van der Waals surface area (Å²) >= 11 is 11.3. The van der Waals surface area contributed by atoms with Crippen molar-refractivity contribution >= 4 is 42.7 Å². The Bertz CT molecular complexity index is 618. The summed E-state index contributed by atoms with van der Waals surface area (Å²) < 4.78 is 14.8. The van der Waals surface area contributed by atoms with Crippen molar-refractivity contribution in [2.24, 2.45) is 0 Å². The second kappa shape index (κ2) is 18.3. The molecule has 27 heavy (non-hydrogen) atoms. The molecule has 150 valence electrons. The van der Waals surface area contributed by atoms with E-state index in [1.54, 1.807) is 6.07 Å². The Kier molecular flexibility index (Phi) is 21.6. The van der Waals surface area contributed by atoms with Gasteiger partial charge in [-0.05, 0) is 32.3 Å². The topological polar surface area (TPSA) is 168 Å². The number of hydrogen-bond donors (Lipinski definition) is 5. The monoisotopic (exact) mass is 472 g/mol. The molecule has 0 bridgehead atoms. The van der Waals surface area contributed by atoms with Crippen LogP contribution in [0.5, 0.6) is 5.75 Å². The molecule has 1 atom stereocenters. The zero-order chi connectivity index (χ0) is 20.8. The zero-order valence-corrected chi connectivity index (χ0v) is 20.5. The van der Waals surface area contributed by atoms with Gasteiger partial charge >= 0.3 is 63.3 Å². The first-order valence-corrected chi connectivity index (χ1v) is 9.28. The third-order valence-corrected chi connectivity index (χ3v) is 2.99. The van der Waals surface area contributed by atoms with Gasteiger partial charge in [-0.1, -0.05) is 23.2 Å². The average molecular weight is 473 g/mol. The minimum absolute atomic E-state index is 0. The third kappa shape index (κ3) is 24.2. The van der Waals surface area contributed by atoms with E-state index in [1.165, 1.54) is 12.1 Å². The van der Waals surface area contributed by atoms with Crippen molar-refractivity contribution in [3.05, 3.63) is 28.2 Å². The summed E-state index contributed by atoms with van der Waals surface area (Å²) in [7, 11) is -0.596. The van der Waals surface area contributed by atoms with E-state index in [-0.39, 0.29) is 51.4 Å². The summed E-state index contributed by atoms with van der Waals surface area (Å²) in [5.41, 5.74) is 0. The number of rotatable bonds is 7. The van der Waals surface area contributed by atoms with E-state index in [1.807, 2.05) is 19.4 Å². The van der Waals surface area contributed by atoms with E-state index in [4.69, 9.17) is 43.0 Å². The molecule has 0 aliphatic heterocycles. The zero-order valence-electron chi connectivity index (χ0n) is 14.9. The fourth-order valence-electron chi connectivity index (χ4n) is 1.04. The van der Waals surface area contributed by atoms with Gasteiger partial charge in [0.1, 0.15) is 13.3 Å². The van der Waals surface area contributed by atoms with E-state index >= 15 is 0 Å². The van der Waals surface area contributed by atoms with Gasteiger partial charge in [0, 0.05) is 5.02 Å². The molecule has 0 radical (unpaired) electrons. The molecule has 0 fully saturated rings. The number of hydrogen-bond acceptors (Lipinski definition) is 7. The normalized spacial score (nSPS) is 11.3. The molecule has 1 unspecified atom stereocenters. The van der Waals surface area contributed by atoms with Crippen LogP contribution in [0.1, 0.15) is 0 Å². The van der Waals surface area contributed by atoms with Crippen LogP contribution in [0.4, 0.5) is 0 Å². The predicted octanol–water partition coefficient (Wildman–Crippen LogP) is -2.54. The number of carboxylic acid groups (broad SMARTS) is 2. The maximum atomic E-state index is 10.2. The second-order valence-corrected chi connectivity index (χ2v) is 6.81. The van der Waals surface area contributed by atoms with Gasteiger partial charge < -0.3 is 34.6 Å². The molecule has 1 aromatic carbocycles. The summed E-state index contributed by atoms with van der Waals surface area (Å²) in [4.78, 5) is 37.9. The smallest absolute Gasteiger partial charge is 0.778 e. The van der Waals surface area contributed by atoms with Crippen LogP contribution >= 0.6 is 30.8 Å². The van der Waals surface area contributed by atoms with Crippen molar-refractivity contribution in [3.63, 3.8) is 0 Å². The molecule has 0 amide bonds. The minimum atomic E-state index is -4.35. The molecule has 5 N–H and O–H groups in total. The van der Waals surface area contributed by atoms with Crippen molar-refractivity contribution in [3.8, 4) is 5.75 Å². The summed E-state index contributed by atoms with van der Waals surface area (Å²) in [6, 6.07) is 4.58. The first-order chi connectivity index (χ1) is 11.9. The SMILES string of the molecule is CNC.O=C(O)CNCP(=O)([O-])O.O=C(O)COc1ccc(Cl)cc1Cl.[K+]. The van der Waals surface area contributed by atoms with Gasteiger partial charge in [0.25, 0.3) is 0 Å². The quantitative estimate of drug-likeness (QED) is 0.210. The summed E-state index contributed by atoms with van der Waals surface area (Å²) in [6.45, 7) is -0.895. The van der Waals surface area contributed by atoms with Crippen LogP contribution in [-0.4, -0.2) is 60.6 Å². The number of carbonyl (C=O) groups is 2. The standard InChI is InChI=1S/C8H6Cl2O3.C3H8NO5P.C2H7N.K/c9-5-1-2-7(6(10)3-5)13-4-8(11)12;5-3(6)1-4-2-10(7,8)9;1-3-2;/h1-3H,4H2,(H,11,12);4H,1-2H2,(H,5,6)(H2,7,8,9);3H,1-2H3;/q;;;+1/p-1. The molecular formula is C13H20Cl2KN2O8P. The number of halogens is 2. The largest absolute Gasteiger partial charge is 1.00 e. The molecule has 0 saturated heterocycles. The van der Waals surface area contributed by atoms with Crippen LogP contribution in [0.15, 0.2) is 18.2 Å². The van der Waals surface area contributed by atoms with E-state index in [0.29, 0.717) is 15.8 Å². The number of nitrogens with one attached hydrogen (secondary N) is 2. The summed E-state index contributed by atoms with van der Waals surface area (Å²) in [5, 5.41) is 21.8. The van der Waals surface area contributed by atoms with Gasteiger partial charge in [-0.25, -0.2) is 4.79 Å². The van der Waals surface area contributed by atoms with Gasteiger partial charge in [-0.3, -0.25) is 10.1 Å². The van der Waals surface area contributed by atoms with Crippen LogP contribution in [-0.2, 0) is 14.2 Å². The molecule has 1 rings (SSSR count). The van der Waals surface area contributed by atoms with Crippen molar-refractivity contribution in [1.82, 2.24) is 10.6 Å². The molecule has 0 aromatic heterocycles. The van der Waals surface area contributed by atoms with Crippen LogP contribution < -0.4 is 71.6 Å². The second-order valence-electron chi connectivity index (χ2n) is 4.37. The minimum Gasteiger partial charge on any atom is -0.778 e.